The van der Waals surface area contributed by atoms with E-state index in [1.54, 1.807) is 0 Å². The highest BCUT2D eigenvalue weighted by molar-refractivity contribution is 6.03. The maximum Gasteiger partial charge on any atom is 0.317 e. The van der Waals surface area contributed by atoms with Gasteiger partial charge in [-0.3, -0.25) is 9.59 Å². The molecule has 1 atom stereocenters. The molecule has 0 heterocycles. The van der Waals surface area contributed by atoms with Gasteiger partial charge in [0.25, 0.3) is 0 Å². The molecule has 1 saturated carbocycles. The minimum Gasteiger partial charge on any atom is -0.480 e. The van der Waals surface area contributed by atoms with Crippen molar-refractivity contribution in [1.82, 2.24) is 0 Å². The van der Waals surface area contributed by atoms with Crippen molar-refractivity contribution in [2.45, 2.75) is 39.0 Å². The summed E-state index contributed by atoms with van der Waals surface area (Å²) in [5.41, 5.74) is -1.16. The number of ketones is 1. The van der Waals surface area contributed by atoms with E-state index in [2.05, 4.69) is 0 Å². The van der Waals surface area contributed by atoms with Crippen LogP contribution in [0.5, 0.6) is 0 Å². The minimum atomic E-state index is -1.16. The molecule has 0 aliphatic heterocycles. The Morgan fingerprint density at radius 2 is 2.27 bits per heavy atom. The molecule has 0 radical (unpaired) electrons. The van der Waals surface area contributed by atoms with Crippen LogP contribution >= 0.6 is 0 Å². The number of carbonyl (C=O) groups is 2. The van der Waals surface area contributed by atoms with E-state index < -0.39 is 11.4 Å². The van der Waals surface area contributed by atoms with Gasteiger partial charge >= 0.3 is 5.97 Å². The summed E-state index contributed by atoms with van der Waals surface area (Å²) >= 11 is 0. The molecule has 4 heteroatoms. The number of carboxylic acid groups (broad SMARTS) is 1. The third kappa shape index (κ3) is 2.56. The van der Waals surface area contributed by atoms with Crippen molar-refractivity contribution >= 4 is 11.8 Å². The predicted molar refractivity (Wildman–Crippen MR) is 54.7 cm³/mol. The van der Waals surface area contributed by atoms with Crippen molar-refractivity contribution in [3.05, 3.63) is 0 Å². The van der Waals surface area contributed by atoms with Gasteiger partial charge in [-0.05, 0) is 26.2 Å². The Labute approximate surface area is 89.6 Å². The van der Waals surface area contributed by atoms with Gasteiger partial charge in [-0.2, -0.15) is 0 Å². The van der Waals surface area contributed by atoms with E-state index in [0.717, 1.165) is 12.8 Å². The molecule has 0 bridgehead atoms. The normalized spacial score (nSPS) is 26.6. The average Bonchev–Trinajstić information content (AvgIpc) is 2.21. The molecule has 1 unspecified atom stereocenters. The summed E-state index contributed by atoms with van der Waals surface area (Å²) in [6, 6.07) is 0. The molecule has 0 saturated heterocycles. The molecular formula is C11H18O4. The molecule has 0 aromatic rings. The monoisotopic (exact) mass is 214 g/mol. The molecular weight excluding hydrogens is 196 g/mol. The van der Waals surface area contributed by atoms with Crippen LogP contribution < -0.4 is 0 Å². The van der Waals surface area contributed by atoms with E-state index in [9.17, 15) is 14.7 Å². The van der Waals surface area contributed by atoms with E-state index in [0.29, 0.717) is 32.5 Å². The maximum absolute atomic E-state index is 11.7. The Kier molecular flexibility index (Phi) is 4.27. The molecule has 1 N–H and O–H groups in total. The first-order chi connectivity index (χ1) is 7.13. The summed E-state index contributed by atoms with van der Waals surface area (Å²) in [6.45, 7) is 2.77. The van der Waals surface area contributed by atoms with Crippen LogP contribution in [0.25, 0.3) is 0 Å². The van der Waals surface area contributed by atoms with Gasteiger partial charge in [0.05, 0.1) is 0 Å². The largest absolute Gasteiger partial charge is 0.480 e. The summed E-state index contributed by atoms with van der Waals surface area (Å²) < 4.78 is 5.14. The highest BCUT2D eigenvalue weighted by Gasteiger charge is 2.46. The number of hydrogen-bond donors (Lipinski definition) is 1. The van der Waals surface area contributed by atoms with Crippen molar-refractivity contribution in [3.63, 3.8) is 0 Å². The van der Waals surface area contributed by atoms with E-state index >= 15 is 0 Å². The van der Waals surface area contributed by atoms with Crippen LogP contribution in [0.4, 0.5) is 0 Å². The zero-order valence-electron chi connectivity index (χ0n) is 9.12. The Hall–Kier alpha value is -0.900. The molecule has 86 valence electrons. The fourth-order valence-electron chi connectivity index (χ4n) is 2.08. The lowest BCUT2D eigenvalue weighted by atomic mass is 9.71. The number of rotatable bonds is 5. The second kappa shape index (κ2) is 5.26. The van der Waals surface area contributed by atoms with Gasteiger partial charge in [-0.1, -0.05) is 6.42 Å². The molecule has 0 amide bonds. The standard InChI is InChI=1S/C11H18O4/c1-2-15-8-7-11(10(13)14)6-4-3-5-9(11)12/h2-8H2,1H3,(H,13,14). The van der Waals surface area contributed by atoms with Crippen LogP contribution in [0.15, 0.2) is 0 Å². The lowest BCUT2D eigenvalue weighted by Crippen LogP contribution is -2.42. The van der Waals surface area contributed by atoms with Crippen LogP contribution in [0.2, 0.25) is 0 Å². The molecule has 4 nitrogen and oxygen atoms in total. The van der Waals surface area contributed by atoms with Crippen LogP contribution in [0.3, 0.4) is 0 Å². The molecule has 15 heavy (non-hydrogen) atoms. The Morgan fingerprint density at radius 1 is 1.53 bits per heavy atom. The van der Waals surface area contributed by atoms with Gasteiger partial charge in [0, 0.05) is 19.6 Å². The van der Waals surface area contributed by atoms with Crippen molar-refractivity contribution in [3.8, 4) is 0 Å². The van der Waals surface area contributed by atoms with Crippen LogP contribution in [0.1, 0.15) is 39.0 Å². The third-order valence-corrected chi connectivity index (χ3v) is 3.08. The molecule has 1 aliphatic carbocycles. The molecule has 1 fully saturated rings. The van der Waals surface area contributed by atoms with Gasteiger partial charge in [0.1, 0.15) is 11.2 Å². The number of carboxylic acids is 1. The highest BCUT2D eigenvalue weighted by atomic mass is 16.5. The first-order valence-electron chi connectivity index (χ1n) is 5.48. The van der Waals surface area contributed by atoms with Crippen LogP contribution in [-0.2, 0) is 14.3 Å². The van der Waals surface area contributed by atoms with E-state index in [-0.39, 0.29) is 5.78 Å². The second-order valence-corrected chi connectivity index (χ2v) is 3.96. The summed E-state index contributed by atoms with van der Waals surface area (Å²) in [7, 11) is 0. The summed E-state index contributed by atoms with van der Waals surface area (Å²) in [5.74, 6) is -1.10. The fourth-order valence-corrected chi connectivity index (χ4v) is 2.08. The van der Waals surface area contributed by atoms with Crippen LogP contribution in [-0.4, -0.2) is 30.1 Å². The molecule has 0 aromatic heterocycles. The third-order valence-electron chi connectivity index (χ3n) is 3.08. The van der Waals surface area contributed by atoms with Crippen molar-refractivity contribution in [2.24, 2.45) is 5.41 Å². The minimum absolute atomic E-state index is 0.124. The highest BCUT2D eigenvalue weighted by Crippen LogP contribution is 2.36. The SMILES string of the molecule is CCOCCC1(C(=O)O)CCCCC1=O. The second-order valence-electron chi connectivity index (χ2n) is 3.96. The summed E-state index contributed by atoms with van der Waals surface area (Å²) in [4.78, 5) is 22.9. The number of ether oxygens (including phenoxy) is 1. The fraction of sp³-hybridized carbons (Fsp3) is 0.818. The Balaban J connectivity index is 2.68. The number of Topliss-reactive ketones (excluding diaryl/α,β-unsaturated/α-hetero) is 1. The molecule has 1 rings (SSSR count). The Morgan fingerprint density at radius 3 is 2.80 bits per heavy atom. The van der Waals surface area contributed by atoms with Gasteiger partial charge in [0.2, 0.25) is 0 Å². The topological polar surface area (TPSA) is 63.6 Å². The first kappa shape index (κ1) is 12.2. The van der Waals surface area contributed by atoms with Crippen molar-refractivity contribution in [1.29, 1.82) is 0 Å². The van der Waals surface area contributed by atoms with Crippen LogP contribution in [0, 0.1) is 5.41 Å². The number of aliphatic carboxylic acids is 1. The summed E-state index contributed by atoms with van der Waals surface area (Å²) in [6.07, 6.45) is 2.83. The first-order valence-corrected chi connectivity index (χ1v) is 5.48. The Bertz CT molecular complexity index is 249. The predicted octanol–water partition coefficient (Wildman–Crippen LogP) is 1.63. The molecule has 0 spiro atoms. The number of hydrogen-bond acceptors (Lipinski definition) is 3. The van der Waals surface area contributed by atoms with Gasteiger partial charge in [-0.25, -0.2) is 0 Å². The summed E-state index contributed by atoms with van der Waals surface area (Å²) in [5, 5.41) is 9.18. The van der Waals surface area contributed by atoms with Crippen molar-refractivity contribution in [2.75, 3.05) is 13.2 Å². The molecule has 1 aliphatic rings. The quantitative estimate of drug-likeness (QED) is 0.558. The zero-order chi connectivity index (χ0) is 11.3. The lowest BCUT2D eigenvalue weighted by Gasteiger charge is -2.31. The zero-order valence-corrected chi connectivity index (χ0v) is 9.12. The van der Waals surface area contributed by atoms with E-state index in [1.165, 1.54) is 0 Å². The lowest BCUT2D eigenvalue weighted by molar-refractivity contribution is -0.158. The van der Waals surface area contributed by atoms with Gasteiger partial charge in [-0.15, -0.1) is 0 Å². The smallest absolute Gasteiger partial charge is 0.317 e. The van der Waals surface area contributed by atoms with Gasteiger partial charge < -0.3 is 9.84 Å². The van der Waals surface area contributed by atoms with Gasteiger partial charge in [0.15, 0.2) is 0 Å². The van der Waals surface area contributed by atoms with E-state index in [4.69, 9.17) is 4.74 Å². The molecule has 0 aromatic carbocycles. The maximum atomic E-state index is 11.7. The van der Waals surface area contributed by atoms with E-state index in [1.807, 2.05) is 6.92 Å². The average molecular weight is 214 g/mol. The van der Waals surface area contributed by atoms with Crippen molar-refractivity contribution < 1.29 is 19.4 Å². The number of carbonyl (C=O) groups excluding carboxylic acids is 1.